The number of imidazole rings is 1. The first-order chi connectivity index (χ1) is 15.8. The molecule has 1 aliphatic carbocycles. The molecule has 0 atom stereocenters. The molecule has 8 heteroatoms. The van der Waals surface area contributed by atoms with Crippen LogP contribution >= 0.6 is 0 Å². The van der Waals surface area contributed by atoms with Crippen LogP contribution in [0, 0.1) is 0 Å². The van der Waals surface area contributed by atoms with Crippen LogP contribution in [0.5, 0.6) is 0 Å². The van der Waals surface area contributed by atoms with Crippen molar-refractivity contribution in [1.82, 2.24) is 35.1 Å². The zero-order valence-corrected chi connectivity index (χ0v) is 17.9. The summed E-state index contributed by atoms with van der Waals surface area (Å²) in [4.78, 5) is 23.9. The van der Waals surface area contributed by atoms with Gasteiger partial charge < -0.3 is 15.6 Å². The van der Waals surface area contributed by atoms with E-state index >= 15 is 0 Å². The first-order valence-electron chi connectivity index (χ1n) is 11.3. The highest BCUT2D eigenvalue weighted by molar-refractivity contribution is 5.83. The monoisotopic (exact) mass is 426 g/mol. The van der Waals surface area contributed by atoms with Crippen molar-refractivity contribution < 1.29 is 0 Å². The Morgan fingerprint density at radius 2 is 1.91 bits per heavy atom. The van der Waals surface area contributed by atoms with Gasteiger partial charge in [0.15, 0.2) is 0 Å². The van der Waals surface area contributed by atoms with Crippen LogP contribution in [0.2, 0.25) is 0 Å². The minimum atomic E-state index is 0.610. The lowest BCUT2D eigenvalue weighted by molar-refractivity contribution is 0.233. The van der Waals surface area contributed by atoms with Crippen LogP contribution in [-0.2, 0) is 6.54 Å². The van der Waals surface area contributed by atoms with Crippen LogP contribution in [0.15, 0.2) is 48.9 Å². The smallest absolute Gasteiger partial charge is 0.206 e. The SMILES string of the molecule is c1cc(CN2CCNCC2)cc(Nc2nc3ccc(-c4cc(C5CC5)ncn4)cc3[nH]2)n1. The van der Waals surface area contributed by atoms with E-state index in [-0.39, 0.29) is 0 Å². The first-order valence-corrected chi connectivity index (χ1v) is 11.3. The maximum absolute atomic E-state index is 4.69. The topological polar surface area (TPSA) is 94.6 Å². The maximum Gasteiger partial charge on any atom is 0.206 e. The second-order valence-electron chi connectivity index (χ2n) is 8.62. The molecule has 0 spiro atoms. The Bertz CT molecular complexity index is 1240. The molecule has 0 unspecified atom stereocenters. The number of piperazine rings is 1. The number of benzene rings is 1. The second kappa shape index (κ2) is 8.29. The largest absolute Gasteiger partial charge is 0.324 e. The fourth-order valence-corrected chi connectivity index (χ4v) is 4.25. The zero-order valence-electron chi connectivity index (χ0n) is 17.9. The van der Waals surface area contributed by atoms with E-state index in [2.05, 4.69) is 70.8 Å². The Hall–Kier alpha value is -3.36. The van der Waals surface area contributed by atoms with Gasteiger partial charge in [-0.1, -0.05) is 6.07 Å². The average Bonchev–Trinajstić information content (AvgIpc) is 3.60. The van der Waals surface area contributed by atoms with Crippen molar-refractivity contribution >= 4 is 22.8 Å². The van der Waals surface area contributed by atoms with Gasteiger partial charge in [-0.25, -0.2) is 19.9 Å². The van der Waals surface area contributed by atoms with Crippen molar-refractivity contribution in [2.45, 2.75) is 25.3 Å². The summed E-state index contributed by atoms with van der Waals surface area (Å²) in [6.45, 7) is 5.18. The summed E-state index contributed by atoms with van der Waals surface area (Å²) in [6.07, 6.45) is 5.99. The van der Waals surface area contributed by atoms with Gasteiger partial charge in [0.2, 0.25) is 5.95 Å². The number of pyridine rings is 1. The third-order valence-corrected chi connectivity index (χ3v) is 6.15. The molecule has 8 nitrogen and oxygen atoms in total. The molecule has 1 aliphatic heterocycles. The molecule has 4 aromatic rings. The molecule has 1 saturated carbocycles. The summed E-state index contributed by atoms with van der Waals surface area (Å²) in [6, 6.07) is 12.5. The van der Waals surface area contributed by atoms with Gasteiger partial charge in [0.05, 0.1) is 16.7 Å². The lowest BCUT2D eigenvalue weighted by Crippen LogP contribution is -2.42. The van der Waals surface area contributed by atoms with Crippen molar-refractivity contribution in [3.8, 4) is 11.3 Å². The minimum absolute atomic E-state index is 0.610. The predicted molar refractivity (Wildman–Crippen MR) is 125 cm³/mol. The van der Waals surface area contributed by atoms with E-state index in [0.29, 0.717) is 11.9 Å². The molecule has 4 heterocycles. The number of anilines is 2. The second-order valence-corrected chi connectivity index (χ2v) is 8.62. The third kappa shape index (κ3) is 4.19. The molecule has 2 aliphatic rings. The van der Waals surface area contributed by atoms with Crippen molar-refractivity contribution in [2.75, 3.05) is 31.5 Å². The van der Waals surface area contributed by atoms with Gasteiger partial charge in [0.25, 0.3) is 0 Å². The normalized spacial score (nSPS) is 17.0. The van der Waals surface area contributed by atoms with Gasteiger partial charge in [-0.15, -0.1) is 0 Å². The van der Waals surface area contributed by atoms with E-state index in [1.807, 2.05) is 12.3 Å². The molecule has 162 valence electrons. The molecule has 0 amide bonds. The molecule has 3 N–H and O–H groups in total. The van der Waals surface area contributed by atoms with Crippen LogP contribution in [0.4, 0.5) is 11.8 Å². The molecule has 6 rings (SSSR count). The van der Waals surface area contributed by atoms with Crippen LogP contribution < -0.4 is 10.6 Å². The van der Waals surface area contributed by atoms with E-state index in [9.17, 15) is 0 Å². The summed E-state index contributed by atoms with van der Waals surface area (Å²) in [5.74, 6) is 2.09. The number of hydrogen-bond donors (Lipinski definition) is 3. The summed E-state index contributed by atoms with van der Waals surface area (Å²) < 4.78 is 0. The number of rotatable bonds is 6. The summed E-state index contributed by atoms with van der Waals surface area (Å²) in [7, 11) is 0. The Morgan fingerprint density at radius 1 is 1.00 bits per heavy atom. The van der Waals surface area contributed by atoms with Crippen LogP contribution in [0.25, 0.3) is 22.3 Å². The van der Waals surface area contributed by atoms with Crippen molar-refractivity contribution in [3.05, 3.63) is 60.2 Å². The van der Waals surface area contributed by atoms with E-state index in [1.165, 1.54) is 18.4 Å². The molecule has 32 heavy (non-hydrogen) atoms. The van der Waals surface area contributed by atoms with E-state index in [0.717, 1.165) is 66.5 Å². The number of nitrogens with one attached hydrogen (secondary N) is 3. The quantitative estimate of drug-likeness (QED) is 0.435. The van der Waals surface area contributed by atoms with Crippen molar-refractivity contribution in [2.24, 2.45) is 0 Å². The molecule has 1 saturated heterocycles. The fourth-order valence-electron chi connectivity index (χ4n) is 4.25. The first kappa shape index (κ1) is 19.3. The number of aromatic amines is 1. The van der Waals surface area contributed by atoms with Gasteiger partial charge >= 0.3 is 0 Å². The van der Waals surface area contributed by atoms with Crippen molar-refractivity contribution in [3.63, 3.8) is 0 Å². The predicted octanol–water partition coefficient (Wildman–Crippen LogP) is 3.44. The lowest BCUT2D eigenvalue weighted by atomic mass is 10.1. The number of nitrogens with zero attached hydrogens (tertiary/aromatic N) is 5. The third-order valence-electron chi connectivity index (χ3n) is 6.15. The van der Waals surface area contributed by atoms with Crippen LogP contribution in [0.3, 0.4) is 0 Å². The Kier molecular flexibility index (Phi) is 5.01. The molecule has 2 fully saturated rings. The summed E-state index contributed by atoms with van der Waals surface area (Å²) >= 11 is 0. The van der Waals surface area contributed by atoms with E-state index in [4.69, 9.17) is 0 Å². The van der Waals surface area contributed by atoms with Crippen molar-refractivity contribution in [1.29, 1.82) is 0 Å². The summed E-state index contributed by atoms with van der Waals surface area (Å²) in [5.41, 5.74) is 6.29. The number of H-pyrrole nitrogens is 1. The van der Waals surface area contributed by atoms with Crippen LogP contribution in [-0.4, -0.2) is 56.0 Å². The standard InChI is InChI=1S/C24H26N8/c1-2-17(1)20-13-21(28-15-27-20)18-3-4-19-22(12-18)30-24(29-19)31-23-11-16(5-6-26-23)14-32-9-7-25-8-10-32/h3-6,11-13,15,17,25H,1-2,7-10,14H2,(H2,26,29,30,31). The highest BCUT2D eigenvalue weighted by Gasteiger charge is 2.25. The molecule has 1 aromatic carbocycles. The van der Waals surface area contributed by atoms with Gasteiger partial charge in [-0.2, -0.15) is 0 Å². The highest BCUT2D eigenvalue weighted by Crippen LogP contribution is 2.39. The average molecular weight is 427 g/mol. The van der Waals surface area contributed by atoms with E-state index in [1.54, 1.807) is 6.33 Å². The molecular formula is C24H26N8. The van der Waals surface area contributed by atoms with E-state index < -0.39 is 0 Å². The number of fused-ring (bicyclic) bond motifs is 1. The number of hydrogen-bond acceptors (Lipinski definition) is 7. The molecule has 0 radical (unpaired) electrons. The zero-order chi connectivity index (χ0) is 21.3. The van der Waals surface area contributed by atoms with Gasteiger partial charge in [-0.3, -0.25) is 4.90 Å². The highest BCUT2D eigenvalue weighted by atomic mass is 15.2. The van der Waals surface area contributed by atoms with Gasteiger partial charge in [0.1, 0.15) is 12.1 Å². The van der Waals surface area contributed by atoms with Gasteiger partial charge in [0, 0.05) is 56.1 Å². The Balaban J connectivity index is 1.21. The Labute approximate surface area is 186 Å². The molecule has 0 bridgehead atoms. The Morgan fingerprint density at radius 3 is 2.78 bits per heavy atom. The molecule has 3 aromatic heterocycles. The fraction of sp³-hybridized carbons (Fsp3) is 0.333. The maximum atomic E-state index is 4.69. The van der Waals surface area contributed by atoms with Crippen LogP contribution in [0.1, 0.15) is 30.0 Å². The summed E-state index contributed by atoms with van der Waals surface area (Å²) in [5, 5.41) is 6.72. The van der Waals surface area contributed by atoms with Gasteiger partial charge in [-0.05, 0) is 48.7 Å². The molecular weight excluding hydrogens is 400 g/mol. The minimum Gasteiger partial charge on any atom is -0.324 e. The number of aromatic nitrogens is 5. The lowest BCUT2D eigenvalue weighted by Gasteiger charge is -2.27.